The Hall–Kier alpha value is -2.68. The number of carbonyl (C=O) groups excluding carboxylic acids is 1. The summed E-state index contributed by atoms with van der Waals surface area (Å²) in [7, 11) is 1.34. The lowest BCUT2D eigenvalue weighted by Crippen LogP contribution is -2.29. The van der Waals surface area contributed by atoms with Gasteiger partial charge < -0.3 is 21.1 Å². The summed E-state index contributed by atoms with van der Waals surface area (Å²) in [6.45, 7) is 0.755. The molecule has 150 valence electrons. The maximum Gasteiger partial charge on any atom is 0.356 e. The van der Waals surface area contributed by atoms with Gasteiger partial charge in [-0.05, 0) is 44.4 Å². The van der Waals surface area contributed by atoms with E-state index in [-0.39, 0.29) is 5.69 Å². The first-order valence-corrected chi connectivity index (χ1v) is 9.90. The maximum absolute atomic E-state index is 12.0. The zero-order chi connectivity index (χ0) is 19.5. The van der Waals surface area contributed by atoms with Gasteiger partial charge in [0.1, 0.15) is 5.82 Å². The molecule has 2 aromatic heterocycles. The molecule has 0 saturated heterocycles. The fourth-order valence-corrected chi connectivity index (χ4v) is 3.56. The van der Waals surface area contributed by atoms with Crippen molar-refractivity contribution in [3.8, 4) is 0 Å². The average molecular weight is 385 g/mol. The van der Waals surface area contributed by atoms with E-state index in [1.165, 1.54) is 20.0 Å². The smallest absolute Gasteiger partial charge is 0.356 e. The highest BCUT2D eigenvalue weighted by Crippen LogP contribution is 2.39. The van der Waals surface area contributed by atoms with Crippen LogP contribution in [0.2, 0.25) is 0 Å². The number of nitrogens with two attached hydrogens (primary N) is 1. The van der Waals surface area contributed by atoms with Crippen molar-refractivity contribution in [3.05, 3.63) is 23.5 Å². The molecule has 0 spiro atoms. The van der Waals surface area contributed by atoms with Gasteiger partial charge in [-0.1, -0.05) is 0 Å². The van der Waals surface area contributed by atoms with Crippen LogP contribution < -0.4 is 16.4 Å². The Labute approximate surface area is 163 Å². The Kier molecular flexibility index (Phi) is 5.43. The standard InChI is InChI=1S/C19H27N7O2/c1-28-18(27)15-9-16(23-17-8-14(25-26-17)12-4-5-12)24-19(22-15)21-10-11-2-6-13(20)7-3-11/h8-9,11-13H,2-7,10,20H2,1H3,(H3,21,22,23,24,25,26). The molecule has 0 aliphatic heterocycles. The minimum absolute atomic E-state index is 0.200. The summed E-state index contributed by atoms with van der Waals surface area (Å²) in [6.07, 6.45) is 6.67. The first-order valence-electron chi connectivity index (χ1n) is 9.90. The predicted molar refractivity (Wildman–Crippen MR) is 106 cm³/mol. The van der Waals surface area contributed by atoms with Crippen molar-refractivity contribution in [3.63, 3.8) is 0 Å². The molecular formula is C19H27N7O2. The highest BCUT2D eigenvalue weighted by Gasteiger charge is 2.25. The third-order valence-corrected chi connectivity index (χ3v) is 5.43. The largest absolute Gasteiger partial charge is 0.464 e. The van der Waals surface area contributed by atoms with Crippen LogP contribution in [0.3, 0.4) is 0 Å². The van der Waals surface area contributed by atoms with Gasteiger partial charge in [0.25, 0.3) is 0 Å². The van der Waals surface area contributed by atoms with Gasteiger partial charge in [-0.2, -0.15) is 10.1 Å². The van der Waals surface area contributed by atoms with Gasteiger partial charge in [-0.15, -0.1) is 0 Å². The number of nitrogens with zero attached hydrogens (tertiary/aromatic N) is 3. The number of anilines is 3. The van der Waals surface area contributed by atoms with Crippen LogP contribution in [0.15, 0.2) is 12.1 Å². The molecule has 2 aromatic rings. The first kappa shape index (κ1) is 18.7. The maximum atomic E-state index is 12.0. The molecule has 2 fully saturated rings. The van der Waals surface area contributed by atoms with Crippen molar-refractivity contribution in [1.82, 2.24) is 20.2 Å². The summed E-state index contributed by atoms with van der Waals surface area (Å²) >= 11 is 0. The molecule has 0 amide bonds. The van der Waals surface area contributed by atoms with Gasteiger partial charge in [0.15, 0.2) is 11.5 Å². The quantitative estimate of drug-likeness (QED) is 0.535. The summed E-state index contributed by atoms with van der Waals surface area (Å²) in [5.74, 6) is 2.19. The van der Waals surface area contributed by atoms with Crippen molar-refractivity contribution in [2.75, 3.05) is 24.3 Å². The highest BCUT2D eigenvalue weighted by atomic mass is 16.5. The third-order valence-electron chi connectivity index (χ3n) is 5.43. The van der Waals surface area contributed by atoms with Crippen LogP contribution in [0.1, 0.15) is 60.6 Å². The molecule has 9 heteroatoms. The number of hydrogen-bond acceptors (Lipinski definition) is 8. The molecule has 0 bridgehead atoms. The lowest BCUT2D eigenvalue weighted by molar-refractivity contribution is 0.0594. The summed E-state index contributed by atoms with van der Waals surface area (Å²) in [6, 6.07) is 3.87. The van der Waals surface area contributed by atoms with E-state index in [9.17, 15) is 4.79 Å². The lowest BCUT2D eigenvalue weighted by Gasteiger charge is -2.26. The van der Waals surface area contributed by atoms with Crippen molar-refractivity contribution < 1.29 is 9.53 Å². The summed E-state index contributed by atoms with van der Waals surface area (Å²) in [4.78, 5) is 20.8. The highest BCUT2D eigenvalue weighted by molar-refractivity contribution is 5.88. The normalized spacial score (nSPS) is 21.9. The van der Waals surface area contributed by atoms with Crippen LogP contribution in [-0.4, -0.2) is 45.8 Å². The van der Waals surface area contributed by atoms with Gasteiger partial charge in [0.05, 0.1) is 7.11 Å². The summed E-state index contributed by atoms with van der Waals surface area (Å²) < 4.78 is 4.83. The van der Waals surface area contributed by atoms with Crippen molar-refractivity contribution in [1.29, 1.82) is 0 Å². The van der Waals surface area contributed by atoms with Crippen molar-refractivity contribution in [2.45, 2.75) is 50.5 Å². The first-order chi connectivity index (χ1) is 13.6. The molecule has 0 unspecified atom stereocenters. The van der Waals surface area contributed by atoms with Crippen LogP contribution in [0, 0.1) is 5.92 Å². The summed E-state index contributed by atoms with van der Waals surface area (Å²) in [5, 5.41) is 13.7. The van der Waals surface area contributed by atoms with Crippen LogP contribution in [0.5, 0.6) is 0 Å². The lowest BCUT2D eigenvalue weighted by atomic mass is 9.86. The summed E-state index contributed by atoms with van der Waals surface area (Å²) in [5.41, 5.74) is 7.30. The van der Waals surface area contributed by atoms with E-state index in [1.54, 1.807) is 6.07 Å². The number of carbonyl (C=O) groups is 1. The Morgan fingerprint density at radius 2 is 1.96 bits per heavy atom. The molecule has 2 saturated carbocycles. The van der Waals surface area contributed by atoms with Gasteiger partial charge in [-0.3, -0.25) is 5.10 Å². The molecule has 4 rings (SSSR count). The SMILES string of the molecule is COC(=O)c1cc(Nc2cc(C3CC3)[nH]n2)nc(NCC2CCC(N)CC2)n1. The van der Waals surface area contributed by atoms with E-state index in [0.29, 0.717) is 35.5 Å². The van der Waals surface area contributed by atoms with Crippen LogP contribution in [0.4, 0.5) is 17.6 Å². The van der Waals surface area contributed by atoms with Crippen LogP contribution in [-0.2, 0) is 4.74 Å². The van der Waals surface area contributed by atoms with E-state index in [1.807, 2.05) is 6.07 Å². The number of hydrogen-bond donors (Lipinski definition) is 4. The van der Waals surface area contributed by atoms with E-state index >= 15 is 0 Å². The molecule has 5 N–H and O–H groups in total. The van der Waals surface area contributed by atoms with Gasteiger partial charge in [-0.25, -0.2) is 9.78 Å². The fraction of sp³-hybridized carbons (Fsp3) is 0.579. The van der Waals surface area contributed by atoms with E-state index < -0.39 is 5.97 Å². The number of esters is 1. The monoisotopic (exact) mass is 385 g/mol. The average Bonchev–Trinajstić information content (AvgIpc) is 3.46. The Bertz CT molecular complexity index is 825. The zero-order valence-corrected chi connectivity index (χ0v) is 16.1. The number of aromatic amines is 1. The van der Waals surface area contributed by atoms with Gasteiger partial charge in [0, 0.05) is 36.3 Å². The molecular weight excluding hydrogens is 358 g/mol. The number of rotatable bonds is 7. The van der Waals surface area contributed by atoms with Crippen LogP contribution in [0.25, 0.3) is 0 Å². The predicted octanol–water partition coefficient (Wildman–Crippen LogP) is 2.54. The van der Waals surface area contributed by atoms with Gasteiger partial charge in [0.2, 0.25) is 5.95 Å². The number of aromatic nitrogens is 4. The molecule has 0 radical (unpaired) electrons. The van der Waals surface area contributed by atoms with Crippen molar-refractivity contribution >= 4 is 23.6 Å². The molecule has 9 nitrogen and oxygen atoms in total. The Morgan fingerprint density at radius 1 is 1.18 bits per heavy atom. The van der Waals surface area contributed by atoms with E-state index in [0.717, 1.165) is 37.9 Å². The van der Waals surface area contributed by atoms with E-state index in [2.05, 4.69) is 30.8 Å². The number of methoxy groups -OCH3 is 1. The van der Waals surface area contributed by atoms with Gasteiger partial charge >= 0.3 is 5.97 Å². The molecule has 2 aliphatic carbocycles. The molecule has 0 atom stereocenters. The molecule has 0 aromatic carbocycles. The Morgan fingerprint density at radius 3 is 2.68 bits per heavy atom. The molecule has 28 heavy (non-hydrogen) atoms. The molecule has 2 heterocycles. The van der Waals surface area contributed by atoms with Crippen molar-refractivity contribution in [2.24, 2.45) is 11.7 Å². The minimum atomic E-state index is -0.502. The van der Waals surface area contributed by atoms with E-state index in [4.69, 9.17) is 10.5 Å². The fourth-order valence-electron chi connectivity index (χ4n) is 3.56. The Balaban J connectivity index is 1.46. The second-order valence-electron chi connectivity index (χ2n) is 7.72. The number of nitrogens with one attached hydrogen (secondary N) is 3. The van der Waals surface area contributed by atoms with Crippen LogP contribution >= 0.6 is 0 Å². The molecule has 2 aliphatic rings. The minimum Gasteiger partial charge on any atom is -0.464 e. The number of ether oxygens (including phenoxy) is 1. The topological polar surface area (TPSA) is 131 Å². The zero-order valence-electron chi connectivity index (χ0n) is 16.1. The second kappa shape index (κ2) is 8.14. The number of H-pyrrole nitrogens is 1. The second-order valence-corrected chi connectivity index (χ2v) is 7.72. The third kappa shape index (κ3) is 4.59.